The van der Waals surface area contributed by atoms with Gasteiger partial charge in [-0.3, -0.25) is 0 Å². The molecule has 0 radical (unpaired) electrons. The summed E-state index contributed by atoms with van der Waals surface area (Å²) in [5, 5.41) is 0. The predicted molar refractivity (Wildman–Crippen MR) is 78.0 cm³/mol. The highest BCUT2D eigenvalue weighted by atomic mass is 16.6. The van der Waals surface area contributed by atoms with Crippen LogP contribution in [0, 0.1) is 11.3 Å². The molecule has 1 rings (SSSR count). The van der Waals surface area contributed by atoms with Crippen molar-refractivity contribution in [3.05, 3.63) is 0 Å². The number of carbonyl (C=O) groups excluding carboxylic acids is 1. The second-order valence-electron chi connectivity index (χ2n) is 7.48. The minimum absolute atomic E-state index is 0.177. The first-order chi connectivity index (χ1) is 8.63. The monoisotopic (exact) mass is 270 g/mol. The van der Waals surface area contributed by atoms with Crippen molar-refractivity contribution in [2.45, 2.75) is 59.5 Å². The van der Waals surface area contributed by atoms with E-state index in [2.05, 4.69) is 13.8 Å². The van der Waals surface area contributed by atoms with E-state index in [0.29, 0.717) is 5.92 Å². The number of nitrogens with two attached hydrogens (primary N) is 1. The third kappa shape index (κ3) is 5.81. The summed E-state index contributed by atoms with van der Waals surface area (Å²) < 4.78 is 5.40. The molecule has 0 saturated carbocycles. The summed E-state index contributed by atoms with van der Waals surface area (Å²) in [5.74, 6) is 0.678. The Kier molecular flexibility index (Phi) is 5.25. The number of likely N-dealkylation sites (tertiary alicyclic amines) is 1. The molecule has 0 atom stereocenters. The summed E-state index contributed by atoms with van der Waals surface area (Å²) in [7, 11) is 0. The molecule has 0 spiro atoms. The molecule has 0 aromatic rings. The average molecular weight is 270 g/mol. The van der Waals surface area contributed by atoms with Crippen LogP contribution in [0.15, 0.2) is 0 Å². The van der Waals surface area contributed by atoms with Crippen LogP contribution in [0.5, 0.6) is 0 Å². The van der Waals surface area contributed by atoms with Crippen molar-refractivity contribution in [2.75, 3.05) is 19.6 Å². The summed E-state index contributed by atoms with van der Waals surface area (Å²) in [6, 6.07) is 0. The third-order valence-corrected chi connectivity index (χ3v) is 3.66. The lowest BCUT2D eigenvalue weighted by Gasteiger charge is -2.36. The highest BCUT2D eigenvalue weighted by molar-refractivity contribution is 5.68. The summed E-state index contributed by atoms with van der Waals surface area (Å²) in [4.78, 5) is 13.8. The van der Waals surface area contributed by atoms with Gasteiger partial charge in [0.1, 0.15) is 5.60 Å². The van der Waals surface area contributed by atoms with Gasteiger partial charge in [-0.2, -0.15) is 0 Å². The van der Waals surface area contributed by atoms with Gasteiger partial charge in [0.25, 0.3) is 0 Å². The molecular weight excluding hydrogens is 240 g/mol. The van der Waals surface area contributed by atoms with Gasteiger partial charge in [-0.05, 0) is 57.9 Å². The van der Waals surface area contributed by atoms with E-state index in [-0.39, 0.29) is 11.5 Å². The van der Waals surface area contributed by atoms with Crippen molar-refractivity contribution in [1.82, 2.24) is 4.90 Å². The standard InChI is InChI=1S/C15H30N2O2/c1-14(2,3)19-13(18)17-8-6-12(7-9-17)10-15(4,5)11-16/h12H,6-11,16H2,1-5H3. The Morgan fingerprint density at radius 1 is 1.21 bits per heavy atom. The summed E-state index contributed by atoms with van der Waals surface area (Å²) >= 11 is 0. The van der Waals surface area contributed by atoms with Gasteiger partial charge in [0.05, 0.1) is 0 Å². The van der Waals surface area contributed by atoms with Crippen molar-refractivity contribution < 1.29 is 9.53 Å². The number of rotatable bonds is 3. The minimum Gasteiger partial charge on any atom is -0.444 e. The highest BCUT2D eigenvalue weighted by Gasteiger charge is 2.29. The van der Waals surface area contributed by atoms with Gasteiger partial charge in [0, 0.05) is 13.1 Å². The maximum Gasteiger partial charge on any atom is 0.410 e. The molecule has 4 nitrogen and oxygen atoms in total. The Bertz CT molecular complexity index is 300. The number of nitrogens with zero attached hydrogens (tertiary/aromatic N) is 1. The maximum atomic E-state index is 11.9. The fourth-order valence-corrected chi connectivity index (χ4v) is 2.51. The summed E-state index contributed by atoms with van der Waals surface area (Å²) in [5.41, 5.74) is 5.58. The van der Waals surface area contributed by atoms with E-state index in [1.165, 1.54) is 0 Å². The number of hydrogen-bond acceptors (Lipinski definition) is 3. The summed E-state index contributed by atoms with van der Waals surface area (Å²) in [6.07, 6.45) is 3.08. The van der Waals surface area contributed by atoms with E-state index in [4.69, 9.17) is 10.5 Å². The van der Waals surface area contributed by atoms with Gasteiger partial charge in [-0.25, -0.2) is 4.79 Å². The Balaban J connectivity index is 2.39. The molecule has 0 aliphatic carbocycles. The molecule has 0 bridgehead atoms. The molecule has 1 aliphatic heterocycles. The van der Waals surface area contributed by atoms with Crippen LogP contribution in [-0.2, 0) is 4.74 Å². The molecule has 1 aliphatic rings. The SMILES string of the molecule is CC(C)(CN)CC1CCN(C(=O)OC(C)(C)C)CC1. The predicted octanol–water partition coefficient (Wildman–Crippen LogP) is 3.01. The Hall–Kier alpha value is -0.770. The fourth-order valence-electron chi connectivity index (χ4n) is 2.51. The molecule has 19 heavy (non-hydrogen) atoms. The van der Waals surface area contributed by atoms with Gasteiger partial charge in [0.15, 0.2) is 0 Å². The normalized spacial score (nSPS) is 18.5. The first-order valence-electron chi connectivity index (χ1n) is 7.31. The van der Waals surface area contributed by atoms with Gasteiger partial charge < -0.3 is 15.4 Å². The van der Waals surface area contributed by atoms with E-state index in [1.807, 2.05) is 25.7 Å². The Labute approximate surface area is 117 Å². The van der Waals surface area contributed by atoms with Gasteiger partial charge in [-0.15, -0.1) is 0 Å². The minimum atomic E-state index is -0.407. The molecule has 0 aromatic carbocycles. The number of ether oxygens (including phenoxy) is 1. The molecule has 0 aromatic heterocycles. The van der Waals surface area contributed by atoms with E-state index in [9.17, 15) is 4.79 Å². The molecule has 1 saturated heterocycles. The smallest absolute Gasteiger partial charge is 0.410 e. The quantitative estimate of drug-likeness (QED) is 0.857. The van der Waals surface area contributed by atoms with E-state index in [1.54, 1.807) is 0 Å². The van der Waals surface area contributed by atoms with E-state index >= 15 is 0 Å². The van der Waals surface area contributed by atoms with E-state index in [0.717, 1.165) is 38.9 Å². The lowest BCUT2D eigenvalue weighted by molar-refractivity contribution is 0.0169. The van der Waals surface area contributed by atoms with Crippen molar-refractivity contribution >= 4 is 6.09 Å². The van der Waals surface area contributed by atoms with Gasteiger partial charge in [-0.1, -0.05) is 13.8 Å². The van der Waals surface area contributed by atoms with Crippen molar-refractivity contribution in [3.8, 4) is 0 Å². The van der Waals surface area contributed by atoms with Crippen LogP contribution < -0.4 is 5.73 Å². The van der Waals surface area contributed by atoms with Crippen LogP contribution in [0.1, 0.15) is 53.9 Å². The van der Waals surface area contributed by atoms with Gasteiger partial charge in [0.2, 0.25) is 0 Å². The molecule has 1 amide bonds. The average Bonchev–Trinajstić information content (AvgIpc) is 2.27. The lowest BCUT2D eigenvalue weighted by atomic mass is 9.79. The zero-order valence-corrected chi connectivity index (χ0v) is 13.2. The summed E-state index contributed by atoms with van der Waals surface area (Å²) in [6.45, 7) is 12.5. The fraction of sp³-hybridized carbons (Fsp3) is 0.933. The number of piperidine rings is 1. The maximum absolute atomic E-state index is 11.9. The second-order valence-corrected chi connectivity index (χ2v) is 7.48. The van der Waals surface area contributed by atoms with Crippen molar-refractivity contribution in [3.63, 3.8) is 0 Å². The molecule has 2 N–H and O–H groups in total. The van der Waals surface area contributed by atoms with Crippen molar-refractivity contribution in [2.24, 2.45) is 17.1 Å². The van der Waals surface area contributed by atoms with Crippen LogP contribution in [0.4, 0.5) is 4.79 Å². The molecule has 112 valence electrons. The van der Waals surface area contributed by atoms with E-state index < -0.39 is 5.60 Å². The Morgan fingerprint density at radius 2 is 1.74 bits per heavy atom. The second kappa shape index (κ2) is 6.12. The zero-order valence-electron chi connectivity index (χ0n) is 13.2. The molecule has 1 fully saturated rings. The van der Waals surface area contributed by atoms with Crippen LogP contribution in [-0.4, -0.2) is 36.2 Å². The zero-order chi connectivity index (χ0) is 14.7. The topological polar surface area (TPSA) is 55.6 Å². The number of hydrogen-bond donors (Lipinski definition) is 1. The third-order valence-electron chi connectivity index (χ3n) is 3.66. The molecule has 1 heterocycles. The van der Waals surface area contributed by atoms with Crippen LogP contribution in [0.2, 0.25) is 0 Å². The molecule has 0 unspecified atom stereocenters. The van der Waals surface area contributed by atoms with Crippen molar-refractivity contribution in [1.29, 1.82) is 0 Å². The first-order valence-corrected chi connectivity index (χ1v) is 7.31. The van der Waals surface area contributed by atoms with Crippen LogP contribution >= 0.6 is 0 Å². The van der Waals surface area contributed by atoms with Gasteiger partial charge >= 0.3 is 6.09 Å². The highest BCUT2D eigenvalue weighted by Crippen LogP contribution is 2.31. The number of carbonyl (C=O) groups is 1. The van der Waals surface area contributed by atoms with Crippen LogP contribution in [0.3, 0.4) is 0 Å². The molecule has 4 heteroatoms. The lowest BCUT2D eigenvalue weighted by Crippen LogP contribution is -2.42. The molecular formula is C15H30N2O2. The Morgan fingerprint density at radius 3 is 2.16 bits per heavy atom. The number of amides is 1. The first kappa shape index (κ1) is 16.3. The largest absolute Gasteiger partial charge is 0.444 e. The van der Waals surface area contributed by atoms with Crippen LogP contribution in [0.25, 0.3) is 0 Å².